The van der Waals surface area contributed by atoms with Gasteiger partial charge in [-0.2, -0.15) is 0 Å². The van der Waals surface area contributed by atoms with E-state index in [0.29, 0.717) is 23.7 Å². The number of rotatable bonds is 4. The smallest absolute Gasteiger partial charge is 0.328 e. The standard InChI is InChI=1S/C17H15N3O5/c1-11-2-5-14(25-13-6-3-12(4-7-13)20(23)24)10-15(11)19-9-8-16(21)18-17(19)22/h2-7,10H,8-9H2,1H3,(H,18,21,22). The summed E-state index contributed by atoms with van der Waals surface area (Å²) in [5.41, 5.74) is 1.48. The molecule has 3 amide bonds. The minimum Gasteiger partial charge on any atom is -0.457 e. The fourth-order valence-electron chi connectivity index (χ4n) is 2.51. The van der Waals surface area contributed by atoms with E-state index in [1.807, 2.05) is 6.92 Å². The lowest BCUT2D eigenvalue weighted by atomic mass is 10.1. The van der Waals surface area contributed by atoms with Gasteiger partial charge in [0, 0.05) is 31.2 Å². The van der Waals surface area contributed by atoms with E-state index >= 15 is 0 Å². The summed E-state index contributed by atoms with van der Waals surface area (Å²) in [6.45, 7) is 2.15. The molecule has 0 saturated carbocycles. The number of amides is 3. The lowest BCUT2D eigenvalue weighted by Gasteiger charge is -2.28. The summed E-state index contributed by atoms with van der Waals surface area (Å²) < 4.78 is 5.71. The van der Waals surface area contributed by atoms with Gasteiger partial charge in [0.15, 0.2) is 0 Å². The number of carbonyl (C=O) groups excluding carboxylic acids is 2. The van der Waals surface area contributed by atoms with Crippen LogP contribution in [0.25, 0.3) is 0 Å². The molecule has 3 rings (SSSR count). The van der Waals surface area contributed by atoms with Crippen LogP contribution in [0.1, 0.15) is 12.0 Å². The molecule has 0 aliphatic carbocycles. The largest absolute Gasteiger partial charge is 0.457 e. The average Bonchev–Trinajstić information content (AvgIpc) is 2.57. The Kier molecular flexibility index (Phi) is 4.34. The topological polar surface area (TPSA) is 102 Å². The normalized spacial score (nSPS) is 14.2. The van der Waals surface area contributed by atoms with Gasteiger partial charge >= 0.3 is 6.03 Å². The number of ether oxygens (including phenoxy) is 1. The first kappa shape index (κ1) is 16.4. The Morgan fingerprint density at radius 3 is 2.44 bits per heavy atom. The van der Waals surface area contributed by atoms with Gasteiger partial charge in [-0.25, -0.2) is 4.79 Å². The Bertz CT molecular complexity index is 848. The summed E-state index contributed by atoms with van der Waals surface area (Å²) in [5, 5.41) is 13.0. The van der Waals surface area contributed by atoms with Crippen molar-refractivity contribution in [3.05, 3.63) is 58.1 Å². The molecule has 128 valence electrons. The predicted octanol–water partition coefficient (Wildman–Crippen LogP) is 3.14. The van der Waals surface area contributed by atoms with Crippen LogP contribution in [0.4, 0.5) is 16.2 Å². The number of nitrogens with one attached hydrogen (secondary N) is 1. The monoisotopic (exact) mass is 341 g/mol. The van der Waals surface area contributed by atoms with Crippen LogP contribution in [0.2, 0.25) is 0 Å². The first-order chi connectivity index (χ1) is 11.9. The van der Waals surface area contributed by atoms with Crippen LogP contribution in [0.15, 0.2) is 42.5 Å². The highest BCUT2D eigenvalue weighted by atomic mass is 16.6. The molecule has 25 heavy (non-hydrogen) atoms. The number of hydrogen-bond donors (Lipinski definition) is 1. The van der Waals surface area contributed by atoms with Gasteiger partial charge in [-0.15, -0.1) is 0 Å². The first-order valence-electron chi connectivity index (χ1n) is 7.58. The molecule has 8 heteroatoms. The fraction of sp³-hybridized carbons (Fsp3) is 0.176. The third-order valence-corrected chi connectivity index (χ3v) is 3.81. The molecule has 2 aromatic carbocycles. The maximum Gasteiger partial charge on any atom is 0.328 e. The van der Waals surface area contributed by atoms with Crippen LogP contribution in [0, 0.1) is 17.0 Å². The van der Waals surface area contributed by atoms with Gasteiger partial charge in [-0.05, 0) is 30.7 Å². The summed E-state index contributed by atoms with van der Waals surface area (Å²) in [6, 6.07) is 10.5. The van der Waals surface area contributed by atoms with Crippen molar-refractivity contribution in [1.29, 1.82) is 0 Å². The van der Waals surface area contributed by atoms with Gasteiger partial charge in [0.25, 0.3) is 5.69 Å². The molecule has 0 spiro atoms. The molecule has 0 aromatic heterocycles. The van der Waals surface area contributed by atoms with E-state index in [9.17, 15) is 19.7 Å². The molecular formula is C17H15N3O5. The van der Waals surface area contributed by atoms with Crippen LogP contribution >= 0.6 is 0 Å². The second-order valence-corrected chi connectivity index (χ2v) is 5.56. The minimum atomic E-state index is -0.482. The molecule has 1 aliphatic rings. The van der Waals surface area contributed by atoms with Crippen molar-refractivity contribution in [1.82, 2.24) is 5.32 Å². The summed E-state index contributed by atoms with van der Waals surface area (Å²) >= 11 is 0. The van der Waals surface area contributed by atoms with Gasteiger partial charge in [0.05, 0.1) is 10.6 Å². The minimum absolute atomic E-state index is 0.0217. The highest BCUT2D eigenvalue weighted by molar-refractivity contribution is 6.06. The number of anilines is 1. The van der Waals surface area contributed by atoms with Crippen LogP contribution in [-0.4, -0.2) is 23.4 Å². The molecule has 8 nitrogen and oxygen atoms in total. The van der Waals surface area contributed by atoms with Crippen LogP contribution in [0.3, 0.4) is 0 Å². The Morgan fingerprint density at radius 1 is 1.12 bits per heavy atom. The number of non-ortho nitro benzene ring substituents is 1. The summed E-state index contributed by atoms with van der Waals surface area (Å²) in [4.78, 5) is 35.0. The number of nitro benzene ring substituents is 1. The van der Waals surface area contributed by atoms with Crippen molar-refractivity contribution in [2.45, 2.75) is 13.3 Å². The molecule has 2 aromatic rings. The van der Waals surface area contributed by atoms with Gasteiger partial charge < -0.3 is 4.74 Å². The van der Waals surface area contributed by atoms with E-state index in [4.69, 9.17) is 4.74 Å². The van der Waals surface area contributed by atoms with Crippen LogP contribution < -0.4 is 15.0 Å². The molecule has 0 radical (unpaired) electrons. The summed E-state index contributed by atoms with van der Waals surface area (Å²) in [6.07, 6.45) is 0.235. The number of nitro groups is 1. The molecule has 1 fully saturated rings. The molecule has 1 N–H and O–H groups in total. The van der Waals surface area contributed by atoms with Crippen molar-refractivity contribution in [2.24, 2.45) is 0 Å². The molecule has 1 heterocycles. The molecule has 0 unspecified atom stereocenters. The van der Waals surface area contributed by atoms with E-state index in [1.165, 1.54) is 29.2 Å². The maximum atomic E-state index is 12.0. The molecule has 1 aliphatic heterocycles. The molecule has 1 saturated heterocycles. The lowest BCUT2D eigenvalue weighted by Crippen LogP contribution is -2.49. The van der Waals surface area contributed by atoms with Crippen molar-refractivity contribution in [2.75, 3.05) is 11.4 Å². The fourth-order valence-corrected chi connectivity index (χ4v) is 2.51. The number of hydrogen-bond acceptors (Lipinski definition) is 5. The van der Waals surface area contributed by atoms with E-state index < -0.39 is 11.0 Å². The SMILES string of the molecule is Cc1ccc(Oc2ccc([N+](=O)[O-])cc2)cc1N1CCC(=O)NC1=O. The van der Waals surface area contributed by atoms with Crippen LogP contribution in [0.5, 0.6) is 11.5 Å². The predicted molar refractivity (Wildman–Crippen MR) is 89.9 cm³/mol. The van der Waals surface area contributed by atoms with Crippen molar-refractivity contribution >= 4 is 23.3 Å². The zero-order chi connectivity index (χ0) is 18.0. The number of urea groups is 1. The molecule has 0 bridgehead atoms. The zero-order valence-electron chi connectivity index (χ0n) is 13.4. The highest BCUT2D eigenvalue weighted by Crippen LogP contribution is 2.30. The molecule has 0 atom stereocenters. The maximum absolute atomic E-state index is 12.0. The Morgan fingerprint density at radius 2 is 1.80 bits per heavy atom. The molecular weight excluding hydrogens is 326 g/mol. The van der Waals surface area contributed by atoms with Crippen molar-refractivity contribution in [3.63, 3.8) is 0 Å². The third-order valence-electron chi connectivity index (χ3n) is 3.81. The van der Waals surface area contributed by atoms with E-state index in [0.717, 1.165) is 5.56 Å². The summed E-state index contributed by atoms with van der Waals surface area (Å²) in [5.74, 6) is 0.634. The van der Waals surface area contributed by atoms with Crippen molar-refractivity contribution < 1.29 is 19.2 Å². The van der Waals surface area contributed by atoms with E-state index in [-0.39, 0.29) is 18.0 Å². The average molecular weight is 341 g/mol. The van der Waals surface area contributed by atoms with E-state index in [1.54, 1.807) is 18.2 Å². The Balaban J connectivity index is 1.82. The first-order valence-corrected chi connectivity index (χ1v) is 7.58. The van der Waals surface area contributed by atoms with Gasteiger partial charge in [-0.1, -0.05) is 6.07 Å². The van der Waals surface area contributed by atoms with Crippen LogP contribution in [-0.2, 0) is 4.79 Å². The van der Waals surface area contributed by atoms with Gasteiger partial charge in [0.2, 0.25) is 5.91 Å². The van der Waals surface area contributed by atoms with Gasteiger partial charge in [0.1, 0.15) is 11.5 Å². The highest BCUT2D eigenvalue weighted by Gasteiger charge is 2.25. The zero-order valence-corrected chi connectivity index (χ0v) is 13.4. The number of carbonyl (C=O) groups is 2. The Labute approximate surface area is 143 Å². The third kappa shape index (κ3) is 3.57. The lowest BCUT2D eigenvalue weighted by molar-refractivity contribution is -0.384. The number of imide groups is 1. The number of benzene rings is 2. The summed E-state index contributed by atoms with van der Waals surface area (Å²) in [7, 11) is 0. The second-order valence-electron chi connectivity index (χ2n) is 5.56. The number of nitrogens with zero attached hydrogens (tertiary/aromatic N) is 2. The van der Waals surface area contributed by atoms with Gasteiger partial charge in [-0.3, -0.25) is 25.1 Å². The van der Waals surface area contributed by atoms with Crippen molar-refractivity contribution in [3.8, 4) is 11.5 Å². The number of aryl methyl sites for hydroxylation is 1. The second kappa shape index (κ2) is 6.60. The quantitative estimate of drug-likeness (QED) is 0.680. The van der Waals surface area contributed by atoms with E-state index in [2.05, 4.69) is 5.32 Å². The Hall–Kier alpha value is -3.42.